The van der Waals surface area contributed by atoms with Gasteiger partial charge < -0.3 is 9.72 Å². The molecule has 138 valence electrons. The molecule has 0 radical (unpaired) electrons. The minimum Gasteiger partial charge on any atom is -0.497 e. The van der Waals surface area contributed by atoms with Gasteiger partial charge in [-0.25, -0.2) is 4.98 Å². The summed E-state index contributed by atoms with van der Waals surface area (Å²) in [5, 5.41) is 0. The van der Waals surface area contributed by atoms with Crippen LogP contribution in [0.3, 0.4) is 0 Å². The molecule has 3 saturated carbocycles. The lowest BCUT2D eigenvalue weighted by molar-refractivity contribution is 0.410. The maximum Gasteiger partial charge on any atom is 0.270 e. The van der Waals surface area contributed by atoms with Crippen molar-refractivity contribution in [2.45, 2.75) is 63.2 Å². The van der Waals surface area contributed by atoms with E-state index in [9.17, 15) is 4.79 Å². The summed E-state index contributed by atoms with van der Waals surface area (Å²) in [6.45, 7) is 0. The van der Waals surface area contributed by atoms with Crippen molar-refractivity contribution < 1.29 is 4.74 Å². The van der Waals surface area contributed by atoms with Gasteiger partial charge in [-0.2, -0.15) is 0 Å². The Bertz CT molecular complexity index is 883. The fraction of sp³-hybridized carbons (Fsp3) is 0.636. The molecule has 0 aliphatic heterocycles. The van der Waals surface area contributed by atoms with Gasteiger partial charge in [0.15, 0.2) is 0 Å². The van der Waals surface area contributed by atoms with E-state index in [4.69, 9.17) is 9.72 Å². The molecule has 3 fully saturated rings. The topological polar surface area (TPSA) is 55.0 Å². The fourth-order valence-electron chi connectivity index (χ4n) is 5.36. The summed E-state index contributed by atoms with van der Waals surface area (Å²) in [7, 11) is 1.63. The van der Waals surface area contributed by atoms with Gasteiger partial charge in [0.05, 0.1) is 18.1 Å². The van der Waals surface area contributed by atoms with Crippen molar-refractivity contribution in [3.8, 4) is 5.75 Å². The van der Waals surface area contributed by atoms with Crippen molar-refractivity contribution in [3.05, 3.63) is 34.2 Å². The van der Waals surface area contributed by atoms with Gasteiger partial charge in [0.1, 0.15) is 11.4 Å². The van der Waals surface area contributed by atoms with Crippen LogP contribution in [0.2, 0.25) is 0 Å². The number of hydrogen-bond donors (Lipinski definition) is 1. The van der Waals surface area contributed by atoms with E-state index >= 15 is 0 Å². The van der Waals surface area contributed by atoms with Gasteiger partial charge in [-0.3, -0.25) is 4.79 Å². The number of aromatic amines is 1. The van der Waals surface area contributed by atoms with Crippen molar-refractivity contribution in [1.29, 1.82) is 0 Å². The first kappa shape index (κ1) is 16.3. The van der Waals surface area contributed by atoms with Crippen LogP contribution in [0.15, 0.2) is 23.0 Å². The summed E-state index contributed by atoms with van der Waals surface area (Å²) >= 11 is 0. The average Bonchev–Trinajstić information content (AvgIpc) is 3.57. The Balaban J connectivity index is 1.27. The lowest BCUT2D eigenvalue weighted by Gasteiger charge is -2.16. The largest absolute Gasteiger partial charge is 0.497 e. The molecule has 1 N–H and O–H groups in total. The molecule has 0 spiro atoms. The monoisotopic (exact) mass is 352 g/mol. The molecule has 4 nitrogen and oxygen atoms in total. The van der Waals surface area contributed by atoms with E-state index in [1.54, 1.807) is 7.11 Å². The first-order chi connectivity index (χ1) is 12.7. The van der Waals surface area contributed by atoms with Crippen LogP contribution in [0.4, 0.5) is 0 Å². The molecular formula is C22H28N2O2. The summed E-state index contributed by atoms with van der Waals surface area (Å²) < 4.78 is 5.24. The average molecular weight is 352 g/mol. The van der Waals surface area contributed by atoms with Gasteiger partial charge in [0.25, 0.3) is 5.56 Å². The first-order valence-electron chi connectivity index (χ1n) is 10.3. The first-order valence-corrected chi connectivity index (χ1v) is 10.3. The molecule has 26 heavy (non-hydrogen) atoms. The van der Waals surface area contributed by atoms with Gasteiger partial charge in [-0.15, -0.1) is 0 Å². The Morgan fingerprint density at radius 3 is 2.85 bits per heavy atom. The van der Waals surface area contributed by atoms with Gasteiger partial charge in [-0.05, 0) is 68.4 Å². The number of fused-ring (bicyclic) bond motifs is 2. The summed E-state index contributed by atoms with van der Waals surface area (Å²) in [4.78, 5) is 20.4. The maximum absolute atomic E-state index is 12.7. The normalized spacial score (nSPS) is 28.1. The number of nitrogens with zero attached hydrogens (tertiary/aromatic N) is 1. The predicted molar refractivity (Wildman–Crippen MR) is 103 cm³/mol. The third kappa shape index (κ3) is 2.83. The van der Waals surface area contributed by atoms with E-state index in [-0.39, 0.29) is 11.0 Å². The Morgan fingerprint density at radius 2 is 2.15 bits per heavy atom. The molecule has 1 aromatic heterocycles. The number of nitrogens with one attached hydrogen (secondary N) is 1. The highest BCUT2D eigenvalue weighted by molar-refractivity contribution is 5.76. The van der Waals surface area contributed by atoms with Crippen molar-refractivity contribution >= 4 is 11.0 Å². The summed E-state index contributed by atoms with van der Waals surface area (Å²) in [6.07, 6.45) is 11.8. The van der Waals surface area contributed by atoms with Crippen molar-refractivity contribution in [3.63, 3.8) is 0 Å². The van der Waals surface area contributed by atoms with E-state index in [2.05, 4.69) is 4.98 Å². The number of ether oxygens (including phenoxy) is 1. The molecular weight excluding hydrogens is 324 g/mol. The van der Waals surface area contributed by atoms with Crippen LogP contribution in [-0.4, -0.2) is 17.1 Å². The van der Waals surface area contributed by atoms with Crippen LogP contribution in [0, 0.1) is 17.8 Å². The molecule has 4 heteroatoms. The molecule has 2 aromatic rings. The van der Waals surface area contributed by atoms with Crippen LogP contribution in [0.5, 0.6) is 5.75 Å². The van der Waals surface area contributed by atoms with E-state index < -0.39 is 0 Å². The smallest absolute Gasteiger partial charge is 0.270 e. The minimum absolute atomic E-state index is 0.0140. The summed E-state index contributed by atoms with van der Waals surface area (Å²) in [6, 6.07) is 5.69. The molecule has 0 amide bonds. The zero-order valence-electron chi connectivity index (χ0n) is 15.6. The third-order valence-corrected chi connectivity index (χ3v) is 7.23. The highest BCUT2D eigenvalue weighted by Gasteiger charge is 2.48. The van der Waals surface area contributed by atoms with Crippen LogP contribution in [0.1, 0.15) is 63.5 Å². The number of H-pyrrole nitrogens is 1. The SMILES string of the molecule is COc1ccc2nc(C3(CCCC[C@H]4CCC5CC54)CC3)c(=O)[nH]c2c1. The fourth-order valence-corrected chi connectivity index (χ4v) is 5.36. The Labute approximate surface area is 154 Å². The molecule has 3 aliphatic rings. The lowest BCUT2D eigenvalue weighted by Crippen LogP contribution is -2.23. The van der Waals surface area contributed by atoms with Crippen LogP contribution < -0.4 is 10.3 Å². The summed E-state index contributed by atoms with van der Waals surface area (Å²) in [5.74, 6) is 3.92. The highest BCUT2D eigenvalue weighted by Crippen LogP contribution is 2.57. The van der Waals surface area contributed by atoms with Gasteiger partial charge in [-0.1, -0.05) is 19.3 Å². The van der Waals surface area contributed by atoms with E-state index in [0.717, 1.165) is 59.5 Å². The maximum atomic E-state index is 12.7. The van der Waals surface area contributed by atoms with E-state index in [0.29, 0.717) is 0 Å². The summed E-state index contributed by atoms with van der Waals surface area (Å²) in [5.41, 5.74) is 2.41. The van der Waals surface area contributed by atoms with Gasteiger partial charge in [0.2, 0.25) is 0 Å². The van der Waals surface area contributed by atoms with Crippen molar-refractivity contribution in [2.75, 3.05) is 7.11 Å². The molecule has 3 aliphatic carbocycles. The minimum atomic E-state index is -0.0140. The molecule has 1 heterocycles. The molecule has 2 unspecified atom stereocenters. The lowest BCUT2D eigenvalue weighted by atomic mass is 9.91. The van der Waals surface area contributed by atoms with Gasteiger partial charge >= 0.3 is 0 Å². The number of methoxy groups -OCH3 is 1. The van der Waals surface area contributed by atoms with Crippen molar-refractivity contribution in [1.82, 2.24) is 9.97 Å². The Hall–Kier alpha value is -1.84. The van der Waals surface area contributed by atoms with E-state index in [1.807, 2.05) is 18.2 Å². The molecule has 1 aromatic carbocycles. The Morgan fingerprint density at radius 1 is 1.27 bits per heavy atom. The predicted octanol–water partition coefficient (Wildman–Crippen LogP) is 4.57. The van der Waals surface area contributed by atoms with Crippen LogP contribution in [-0.2, 0) is 5.41 Å². The van der Waals surface area contributed by atoms with E-state index in [1.165, 1.54) is 38.5 Å². The third-order valence-electron chi connectivity index (χ3n) is 7.23. The number of benzene rings is 1. The zero-order valence-corrected chi connectivity index (χ0v) is 15.6. The highest BCUT2D eigenvalue weighted by atomic mass is 16.5. The second-order valence-electron chi connectivity index (χ2n) is 8.82. The number of aromatic nitrogens is 2. The van der Waals surface area contributed by atoms with Gasteiger partial charge in [0, 0.05) is 11.5 Å². The number of unbranched alkanes of at least 4 members (excludes halogenated alkanes) is 1. The zero-order chi connectivity index (χ0) is 17.7. The molecule has 5 rings (SSSR count). The Kier molecular flexibility index (Phi) is 3.84. The molecule has 0 saturated heterocycles. The van der Waals surface area contributed by atoms with Crippen molar-refractivity contribution in [2.24, 2.45) is 17.8 Å². The standard InChI is InChI=1S/C22H28N2O2/c1-26-16-7-8-18-19(13-16)24-21(25)20(23-18)22(10-11-22)9-3-2-4-14-5-6-15-12-17(14)15/h7-8,13-15,17H,2-6,9-12H2,1H3,(H,24,25)/t14-,15?,17?/m0/s1. The van der Waals surface area contributed by atoms with Crippen LogP contribution in [0.25, 0.3) is 11.0 Å². The molecule has 3 atom stereocenters. The van der Waals surface area contributed by atoms with Crippen LogP contribution >= 0.6 is 0 Å². The quantitative estimate of drug-likeness (QED) is 0.743. The second-order valence-corrected chi connectivity index (χ2v) is 8.82. The molecule has 0 bridgehead atoms. The second kappa shape index (κ2) is 6.11. The number of rotatable bonds is 7. The number of hydrogen-bond acceptors (Lipinski definition) is 3.